The van der Waals surface area contributed by atoms with Crippen LogP contribution in [0.25, 0.3) is 0 Å². The Morgan fingerprint density at radius 3 is 2.44 bits per heavy atom. The third-order valence-electron chi connectivity index (χ3n) is 2.82. The summed E-state index contributed by atoms with van der Waals surface area (Å²) in [6.07, 6.45) is 5.03. The second-order valence-corrected chi connectivity index (χ2v) is 4.05. The van der Waals surface area contributed by atoms with Crippen LogP contribution in [0.5, 0.6) is 0 Å². The van der Waals surface area contributed by atoms with E-state index in [0.29, 0.717) is 0 Å². The molecule has 1 aliphatic heterocycles. The number of ketones is 1. The van der Waals surface area contributed by atoms with Crippen LogP contribution < -0.4 is 0 Å². The van der Waals surface area contributed by atoms with Crippen molar-refractivity contribution in [2.45, 2.75) is 47.1 Å². The molecule has 0 spiro atoms. The fourth-order valence-electron chi connectivity index (χ4n) is 1.99. The third kappa shape index (κ3) is 3.93. The van der Waals surface area contributed by atoms with Crippen LogP contribution >= 0.6 is 0 Å². The van der Waals surface area contributed by atoms with Gasteiger partial charge in [0, 0.05) is 6.54 Å². The lowest BCUT2D eigenvalue weighted by Crippen LogP contribution is -2.41. The summed E-state index contributed by atoms with van der Waals surface area (Å²) in [6, 6.07) is 0.0740. The Hall–Kier alpha value is -0.890. The van der Waals surface area contributed by atoms with E-state index >= 15 is 0 Å². The van der Waals surface area contributed by atoms with Crippen molar-refractivity contribution in [3.63, 3.8) is 0 Å². The number of Topliss-reactive ketones (excluding diaryl/α,β-unsaturated/α-hetero) is 1. The van der Waals surface area contributed by atoms with Crippen molar-refractivity contribution < 1.29 is 4.79 Å². The van der Waals surface area contributed by atoms with Crippen LogP contribution in [-0.2, 0) is 4.79 Å². The molecular formula is C14H25NO. The zero-order valence-electron chi connectivity index (χ0n) is 11.5. The number of hydrogen-bond acceptors (Lipinski definition) is 2. The SMILES string of the molecule is C/C=C\C1=C(C)CN(C)C(C(C)=O)C1.CC. The predicted octanol–water partition coefficient (Wildman–Crippen LogP) is 3.20. The molecule has 0 saturated heterocycles. The van der Waals surface area contributed by atoms with Crippen molar-refractivity contribution in [2.75, 3.05) is 13.6 Å². The molecule has 0 aromatic heterocycles. The molecule has 0 radical (unpaired) electrons. The molecule has 0 saturated carbocycles. The first kappa shape index (κ1) is 15.1. The number of hydrogen-bond donors (Lipinski definition) is 0. The van der Waals surface area contributed by atoms with Gasteiger partial charge in [-0.25, -0.2) is 0 Å². The first-order valence-electron chi connectivity index (χ1n) is 6.08. The fraction of sp³-hybridized carbons (Fsp3) is 0.643. The van der Waals surface area contributed by atoms with E-state index in [1.165, 1.54) is 11.1 Å². The molecule has 2 heteroatoms. The fourth-order valence-corrected chi connectivity index (χ4v) is 1.99. The molecule has 0 aromatic carbocycles. The van der Waals surface area contributed by atoms with Crippen molar-refractivity contribution in [1.82, 2.24) is 4.90 Å². The summed E-state index contributed by atoms with van der Waals surface area (Å²) < 4.78 is 0. The van der Waals surface area contributed by atoms with Gasteiger partial charge >= 0.3 is 0 Å². The molecule has 1 heterocycles. The summed E-state index contributed by atoms with van der Waals surface area (Å²) in [6.45, 7) is 10.7. The zero-order chi connectivity index (χ0) is 12.7. The highest BCUT2D eigenvalue weighted by Gasteiger charge is 2.25. The zero-order valence-corrected chi connectivity index (χ0v) is 11.5. The van der Waals surface area contributed by atoms with Gasteiger partial charge in [0.25, 0.3) is 0 Å². The molecule has 0 aliphatic carbocycles. The lowest BCUT2D eigenvalue weighted by Gasteiger charge is -2.32. The first-order chi connectivity index (χ1) is 7.56. The van der Waals surface area contributed by atoms with Crippen molar-refractivity contribution in [3.8, 4) is 0 Å². The Labute approximate surface area is 100 Å². The quantitative estimate of drug-likeness (QED) is 0.716. The maximum atomic E-state index is 11.4. The summed E-state index contributed by atoms with van der Waals surface area (Å²) >= 11 is 0. The van der Waals surface area contributed by atoms with E-state index in [4.69, 9.17) is 0 Å². The van der Waals surface area contributed by atoms with Gasteiger partial charge in [-0.2, -0.15) is 0 Å². The van der Waals surface area contributed by atoms with Crippen LogP contribution in [0.1, 0.15) is 41.0 Å². The molecule has 0 aromatic rings. The molecule has 0 N–H and O–H groups in total. The molecule has 1 unspecified atom stereocenters. The highest BCUT2D eigenvalue weighted by Crippen LogP contribution is 2.23. The number of allylic oxidation sites excluding steroid dienone is 2. The maximum absolute atomic E-state index is 11.4. The lowest BCUT2D eigenvalue weighted by atomic mass is 9.93. The largest absolute Gasteiger partial charge is 0.298 e. The number of carbonyl (C=O) groups excluding carboxylic acids is 1. The summed E-state index contributed by atoms with van der Waals surface area (Å²) in [5.41, 5.74) is 2.70. The summed E-state index contributed by atoms with van der Waals surface area (Å²) in [7, 11) is 2.02. The Morgan fingerprint density at radius 1 is 1.44 bits per heavy atom. The predicted molar refractivity (Wildman–Crippen MR) is 70.6 cm³/mol. The highest BCUT2D eigenvalue weighted by molar-refractivity contribution is 5.82. The van der Waals surface area contributed by atoms with Crippen molar-refractivity contribution >= 4 is 5.78 Å². The standard InChI is InChI=1S/C12H19NO.C2H6/c1-5-6-11-7-12(10(3)14)13(4)8-9(11)2;1-2/h5-6,12H,7-8H2,1-4H3;1-2H3/b6-5-;. The average molecular weight is 223 g/mol. The molecule has 1 atom stereocenters. The first-order valence-corrected chi connectivity index (χ1v) is 6.08. The van der Waals surface area contributed by atoms with E-state index in [0.717, 1.165) is 13.0 Å². The van der Waals surface area contributed by atoms with E-state index in [1.807, 2.05) is 33.9 Å². The Morgan fingerprint density at radius 2 is 2.00 bits per heavy atom. The minimum Gasteiger partial charge on any atom is -0.298 e. The molecule has 1 rings (SSSR count). The van der Waals surface area contributed by atoms with Gasteiger partial charge in [0.15, 0.2) is 0 Å². The van der Waals surface area contributed by atoms with Gasteiger partial charge in [-0.3, -0.25) is 9.69 Å². The molecule has 0 fully saturated rings. The van der Waals surface area contributed by atoms with Gasteiger partial charge in [0.2, 0.25) is 0 Å². The maximum Gasteiger partial charge on any atom is 0.147 e. The monoisotopic (exact) mass is 223 g/mol. The van der Waals surface area contributed by atoms with Crippen molar-refractivity contribution in [3.05, 3.63) is 23.3 Å². The molecule has 0 bridgehead atoms. The van der Waals surface area contributed by atoms with Crippen LogP contribution in [0, 0.1) is 0 Å². The number of carbonyl (C=O) groups is 1. The van der Waals surface area contributed by atoms with E-state index in [-0.39, 0.29) is 11.8 Å². The van der Waals surface area contributed by atoms with Crippen LogP contribution in [-0.4, -0.2) is 30.3 Å². The average Bonchev–Trinajstić information content (AvgIpc) is 2.24. The highest BCUT2D eigenvalue weighted by atomic mass is 16.1. The molecule has 0 amide bonds. The second-order valence-electron chi connectivity index (χ2n) is 4.05. The van der Waals surface area contributed by atoms with Gasteiger partial charge in [-0.05, 0) is 39.8 Å². The van der Waals surface area contributed by atoms with Crippen LogP contribution in [0.15, 0.2) is 23.3 Å². The summed E-state index contributed by atoms with van der Waals surface area (Å²) in [5.74, 6) is 0.266. The van der Waals surface area contributed by atoms with Gasteiger partial charge in [-0.15, -0.1) is 0 Å². The van der Waals surface area contributed by atoms with E-state index in [2.05, 4.69) is 17.9 Å². The second kappa shape index (κ2) is 7.39. The smallest absolute Gasteiger partial charge is 0.147 e. The molecule has 2 nitrogen and oxygen atoms in total. The van der Waals surface area contributed by atoms with Gasteiger partial charge in [0.05, 0.1) is 6.04 Å². The molecule has 1 aliphatic rings. The number of nitrogens with zero attached hydrogens (tertiary/aromatic N) is 1. The molecule has 92 valence electrons. The van der Waals surface area contributed by atoms with Gasteiger partial charge in [-0.1, -0.05) is 31.6 Å². The minimum absolute atomic E-state index is 0.0740. The summed E-state index contributed by atoms with van der Waals surface area (Å²) in [4.78, 5) is 13.5. The van der Waals surface area contributed by atoms with Crippen molar-refractivity contribution in [1.29, 1.82) is 0 Å². The lowest BCUT2D eigenvalue weighted by molar-refractivity contribution is -0.121. The minimum atomic E-state index is 0.0740. The summed E-state index contributed by atoms with van der Waals surface area (Å²) in [5, 5.41) is 0. The third-order valence-corrected chi connectivity index (χ3v) is 2.82. The Bertz CT molecular complexity index is 289. The molecular weight excluding hydrogens is 198 g/mol. The van der Waals surface area contributed by atoms with E-state index in [1.54, 1.807) is 6.92 Å². The van der Waals surface area contributed by atoms with Crippen LogP contribution in [0.3, 0.4) is 0 Å². The van der Waals surface area contributed by atoms with Gasteiger partial charge in [0.1, 0.15) is 5.78 Å². The van der Waals surface area contributed by atoms with E-state index in [9.17, 15) is 4.79 Å². The van der Waals surface area contributed by atoms with Crippen molar-refractivity contribution in [2.24, 2.45) is 0 Å². The van der Waals surface area contributed by atoms with Gasteiger partial charge < -0.3 is 0 Å². The number of likely N-dealkylation sites (N-methyl/N-ethyl adjacent to an activating group) is 1. The Balaban J connectivity index is 0.00000106. The van der Waals surface area contributed by atoms with E-state index < -0.39 is 0 Å². The Kier molecular flexibility index (Phi) is 6.98. The van der Waals surface area contributed by atoms with Crippen LogP contribution in [0.2, 0.25) is 0 Å². The molecule has 16 heavy (non-hydrogen) atoms. The van der Waals surface area contributed by atoms with Crippen LogP contribution in [0.4, 0.5) is 0 Å². The number of rotatable bonds is 2. The topological polar surface area (TPSA) is 20.3 Å². The normalized spacial score (nSPS) is 22.0.